The van der Waals surface area contributed by atoms with Gasteiger partial charge < -0.3 is 4.90 Å². The second-order valence-corrected chi connectivity index (χ2v) is 7.14. The topological polar surface area (TPSA) is 20.3 Å². The van der Waals surface area contributed by atoms with Crippen molar-refractivity contribution in [2.75, 3.05) is 14.1 Å². The molecule has 0 bridgehead atoms. The van der Waals surface area contributed by atoms with E-state index in [0.717, 1.165) is 30.6 Å². The van der Waals surface area contributed by atoms with E-state index in [1.54, 1.807) is 30.3 Å². The molecule has 0 aliphatic heterocycles. The van der Waals surface area contributed by atoms with Crippen LogP contribution >= 0.6 is 22.9 Å². The van der Waals surface area contributed by atoms with Crippen LogP contribution in [0.4, 0.5) is 0 Å². The van der Waals surface area contributed by atoms with Crippen molar-refractivity contribution in [3.63, 3.8) is 0 Å². The zero-order chi connectivity index (χ0) is 13.3. The number of carbonyl (C=O) groups excluding carboxylic acids is 1. The molecule has 0 spiro atoms. The van der Waals surface area contributed by atoms with Gasteiger partial charge in [0.2, 0.25) is 0 Å². The highest BCUT2D eigenvalue weighted by Gasteiger charge is 2.24. The van der Waals surface area contributed by atoms with Crippen molar-refractivity contribution in [2.45, 2.75) is 43.9 Å². The van der Waals surface area contributed by atoms with Gasteiger partial charge in [0.25, 0.3) is 5.91 Å². The third-order valence-corrected chi connectivity index (χ3v) is 5.16. The molecule has 2 rings (SSSR count). The van der Waals surface area contributed by atoms with Crippen molar-refractivity contribution in [1.82, 2.24) is 4.90 Å². The lowest BCUT2D eigenvalue weighted by Crippen LogP contribution is -2.20. The third kappa shape index (κ3) is 2.89. The lowest BCUT2D eigenvalue weighted by Gasteiger charge is -2.25. The standard InChI is InChI=1S/C14H20ClNOS/c1-9-12(10-4-6-11(15)7-5-10)8-13(18-9)14(17)16(2)3/h8,10-11H,4-7H2,1-3H3. The first kappa shape index (κ1) is 13.9. The number of carbonyl (C=O) groups is 1. The van der Waals surface area contributed by atoms with E-state index in [-0.39, 0.29) is 5.91 Å². The van der Waals surface area contributed by atoms with Crippen LogP contribution in [-0.2, 0) is 0 Å². The van der Waals surface area contributed by atoms with Gasteiger partial charge >= 0.3 is 0 Å². The van der Waals surface area contributed by atoms with Gasteiger partial charge in [0, 0.05) is 24.3 Å². The number of amides is 1. The number of hydrogen-bond acceptors (Lipinski definition) is 2. The molecule has 0 atom stereocenters. The molecule has 0 N–H and O–H groups in total. The Hall–Kier alpha value is -0.540. The van der Waals surface area contributed by atoms with Gasteiger partial charge in [-0.3, -0.25) is 4.79 Å². The smallest absolute Gasteiger partial charge is 0.263 e. The van der Waals surface area contributed by atoms with E-state index in [2.05, 4.69) is 13.0 Å². The fourth-order valence-electron chi connectivity index (χ4n) is 2.59. The Bertz CT molecular complexity index is 433. The van der Waals surface area contributed by atoms with Crippen LogP contribution in [-0.4, -0.2) is 30.3 Å². The first-order valence-electron chi connectivity index (χ1n) is 6.45. The second kappa shape index (κ2) is 5.62. The molecular weight excluding hydrogens is 266 g/mol. The van der Waals surface area contributed by atoms with Crippen LogP contribution < -0.4 is 0 Å². The molecule has 1 aliphatic rings. The fraction of sp³-hybridized carbons (Fsp3) is 0.643. The van der Waals surface area contributed by atoms with Crippen LogP contribution in [0, 0.1) is 6.92 Å². The maximum absolute atomic E-state index is 12.0. The highest BCUT2D eigenvalue weighted by Crippen LogP contribution is 2.39. The van der Waals surface area contributed by atoms with Crippen molar-refractivity contribution < 1.29 is 4.79 Å². The zero-order valence-corrected chi connectivity index (χ0v) is 12.8. The number of nitrogens with zero attached hydrogens (tertiary/aromatic N) is 1. The van der Waals surface area contributed by atoms with Gasteiger partial charge in [0.15, 0.2) is 0 Å². The summed E-state index contributed by atoms with van der Waals surface area (Å²) >= 11 is 7.77. The minimum Gasteiger partial charge on any atom is -0.344 e. The quantitative estimate of drug-likeness (QED) is 0.752. The van der Waals surface area contributed by atoms with Gasteiger partial charge in [-0.05, 0) is 50.2 Å². The van der Waals surface area contributed by atoms with E-state index in [9.17, 15) is 4.79 Å². The maximum atomic E-state index is 12.0. The van der Waals surface area contributed by atoms with Crippen LogP contribution in [0.5, 0.6) is 0 Å². The van der Waals surface area contributed by atoms with Gasteiger partial charge in [0.05, 0.1) is 4.88 Å². The van der Waals surface area contributed by atoms with E-state index < -0.39 is 0 Å². The molecule has 18 heavy (non-hydrogen) atoms. The van der Waals surface area contributed by atoms with Gasteiger partial charge in [-0.2, -0.15) is 0 Å². The molecule has 2 nitrogen and oxygen atoms in total. The van der Waals surface area contributed by atoms with Crippen LogP contribution in [0.25, 0.3) is 0 Å². The fourth-order valence-corrected chi connectivity index (χ4v) is 3.97. The van der Waals surface area contributed by atoms with E-state index in [4.69, 9.17) is 11.6 Å². The van der Waals surface area contributed by atoms with Crippen LogP contribution in [0.2, 0.25) is 0 Å². The molecule has 1 amide bonds. The van der Waals surface area contributed by atoms with Crippen molar-refractivity contribution in [1.29, 1.82) is 0 Å². The number of halogens is 1. The number of hydrogen-bond donors (Lipinski definition) is 0. The Kier molecular flexibility index (Phi) is 4.33. The summed E-state index contributed by atoms with van der Waals surface area (Å²) in [5.74, 6) is 0.709. The molecule has 4 heteroatoms. The predicted molar refractivity (Wildman–Crippen MR) is 77.9 cm³/mol. The molecule has 1 fully saturated rings. The van der Waals surface area contributed by atoms with Crippen LogP contribution in [0.1, 0.15) is 51.7 Å². The van der Waals surface area contributed by atoms with Crippen LogP contribution in [0.15, 0.2) is 6.07 Å². The molecule has 1 aromatic rings. The van der Waals surface area contributed by atoms with E-state index in [1.165, 1.54) is 10.4 Å². The summed E-state index contributed by atoms with van der Waals surface area (Å²) in [7, 11) is 3.60. The first-order chi connectivity index (χ1) is 8.49. The summed E-state index contributed by atoms with van der Waals surface area (Å²) < 4.78 is 0. The maximum Gasteiger partial charge on any atom is 0.263 e. The normalized spacial score (nSPS) is 24.0. The van der Waals surface area contributed by atoms with Crippen molar-refractivity contribution in [2.24, 2.45) is 0 Å². The average Bonchev–Trinajstić information content (AvgIpc) is 2.71. The summed E-state index contributed by atoms with van der Waals surface area (Å²) in [5, 5.41) is 0.350. The van der Waals surface area contributed by atoms with Crippen molar-refractivity contribution >= 4 is 28.8 Å². The highest BCUT2D eigenvalue weighted by molar-refractivity contribution is 7.14. The van der Waals surface area contributed by atoms with Crippen molar-refractivity contribution in [3.8, 4) is 0 Å². The summed E-state index contributed by atoms with van der Waals surface area (Å²) in [4.78, 5) is 15.8. The number of aryl methyl sites for hydroxylation is 1. The molecule has 1 heterocycles. The molecule has 1 saturated carbocycles. The SMILES string of the molecule is Cc1sc(C(=O)N(C)C)cc1C1CCC(Cl)CC1. The monoisotopic (exact) mass is 285 g/mol. The highest BCUT2D eigenvalue weighted by atomic mass is 35.5. The number of alkyl halides is 1. The Morgan fingerprint density at radius 2 is 1.94 bits per heavy atom. The second-order valence-electron chi connectivity index (χ2n) is 5.27. The molecule has 100 valence electrons. The largest absolute Gasteiger partial charge is 0.344 e. The van der Waals surface area contributed by atoms with E-state index >= 15 is 0 Å². The Morgan fingerprint density at radius 3 is 2.50 bits per heavy atom. The molecule has 0 radical (unpaired) electrons. The van der Waals surface area contributed by atoms with E-state index in [1.807, 2.05) is 0 Å². The van der Waals surface area contributed by atoms with E-state index in [0.29, 0.717) is 11.3 Å². The van der Waals surface area contributed by atoms with Crippen molar-refractivity contribution in [3.05, 3.63) is 21.4 Å². The summed E-state index contributed by atoms with van der Waals surface area (Å²) in [6, 6.07) is 2.10. The molecule has 1 aliphatic carbocycles. The summed E-state index contributed by atoms with van der Waals surface area (Å²) in [6.07, 6.45) is 4.50. The Balaban J connectivity index is 2.17. The predicted octanol–water partition coefficient (Wildman–Crippen LogP) is 4.02. The molecule has 0 saturated heterocycles. The number of thiophene rings is 1. The lowest BCUT2D eigenvalue weighted by atomic mass is 9.84. The van der Waals surface area contributed by atoms with Gasteiger partial charge in [-0.25, -0.2) is 0 Å². The molecule has 0 aromatic carbocycles. The van der Waals surface area contributed by atoms with Gasteiger partial charge in [-0.1, -0.05) is 0 Å². The van der Waals surface area contributed by atoms with Gasteiger partial charge in [0.1, 0.15) is 0 Å². The minimum absolute atomic E-state index is 0.111. The Morgan fingerprint density at radius 1 is 1.33 bits per heavy atom. The molecular formula is C14H20ClNOS. The Labute approximate surface area is 118 Å². The minimum atomic E-state index is 0.111. The zero-order valence-electron chi connectivity index (χ0n) is 11.2. The summed E-state index contributed by atoms with van der Waals surface area (Å²) in [6.45, 7) is 2.12. The molecule has 0 unspecified atom stereocenters. The first-order valence-corrected chi connectivity index (χ1v) is 7.70. The number of rotatable bonds is 2. The molecule has 1 aromatic heterocycles. The lowest BCUT2D eigenvalue weighted by molar-refractivity contribution is 0.0832. The third-order valence-electron chi connectivity index (χ3n) is 3.67. The van der Waals surface area contributed by atoms with Gasteiger partial charge in [-0.15, -0.1) is 22.9 Å². The average molecular weight is 286 g/mol. The van der Waals surface area contributed by atoms with Crippen LogP contribution in [0.3, 0.4) is 0 Å². The summed E-state index contributed by atoms with van der Waals surface area (Å²) in [5.41, 5.74) is 1.37.